The Morgan fingerprint density at radius 2 is 2.05 bits per heavy atom. The number of carbonyl (C=O) groups is 1. The van der Waals surface area contributed by atoms with Gasteiger partial charge in [0.1, 0.15) is 6.04 Å². The molecule has 2 rings (SSSR count). The van der Waals surface area contributed by atoms with Crippen molar-refractivity contribution in [3.63, 3.8) is 0 Å². The number of carbonyl (C=O) groups excluding carboxylic acids is 1. The number of rotatable bonds is 6. The highest BCUT2D eigenvalue weighted by atomic mass is 16.5. The lowest BCUT2D eigenvalue weighted by atomic mass is 9.89. The van der Waals surface area contributed by atoms with Gasteiger partial charge in [-0.05, 0) is 25.7 Å². The standard InChI is InChI=1S/C16H28N4O2/c1-4-10(2)13(17)15(21)18-11(3)16-19-14(20-22-16)12-8-6-5-7-9-12/h10-13H,4-9,17H2,1-3H3,(H,18,21). The number of hydrogen-bond donors (Lipinski definition) is 2. The van der Waals surface area contributed by atoms with E-state index in [2.05, 4.69) is 15.5 Å². The first-order valence-corrected chi connectivity index (χ1v) is 8.42. The zero-order valence-electron chi connectivity index (χ0n) is 13.8. The van der Waals surface area contributed by atoms with Gasteiger partial charge in [-0.1, -0.05) is 44.7 Å². The fourth-order valence-corrected chi connectivity index (χ4v) is 2.83. The minimum absolute atomic E-state index is 0.146. The Kier molecular flexibility index (Phi) is 5.94. The van der Waals surface area contributed by atoms with Crippen LogP contribution in [0.15, 0.2) is 4.52 Å². The molecule has 1 fully saturated rings. The molecule has 0 spiro atoms. The summed E-state index contributed by atoms with van der Waals surface area (Å²) in [7, 11) is 0. The van der Waals surface area contributed by atoms with E-state index in [1.165, 1.54) is 19.3 Å². The van der Waals surface area contributed by atoms with Gasteiger partial charge < -0.3 is 15.6 Å². The molecule has 3 N–H and O–H groups in total. The second-order valence-corrected chi connectivity index (χ2v) is 6.47. The predicted molar refractivity (Wildman–Crippen MR) is 84.1 cm³/mol. The van der Waals surface area contributed by atoms with E-state index in [0.29, 0.717) is 11.8 Å². The molecule has 1 aliphatic rings. The first kappa shape index (κ1) is 16.9. The van der Waals surface area contributed by atoms with Crippen LogP contribution in [0.5, 0.6) is 0 Å². The molecular formula is C16H28N4O2. The molecule has 3 atom stereocenters. The quantitative estimate of drug-likeness (QED) is 0.842. The van der Waals surface area contributed by atoms with Crippen LogP contribution in [-0.2, 0) is 4.79 Å². The summed E-state index contributed by atoms with van der Waals surface area (Å²) in [4.78, 5) is 16.6. The molecule has 0 bridgehead atoms. The summed E-state index contributed by atoms with van der Waals surface area (Å²) >= 11 is 0. The number of nitrogens with one attached hydrogen (secondary N) is 1. The average molecular weight is 308 g/mol. The monoisotopic (exact) mass is 308 g/mol. The molecule has 0 saturated heterocycles. The minimum atomic E-state index is -0.506. The first-order valence-electron chi connectivity index (χ1n) is 8.42. The Morgan fingerprint density at radius 3 is 2.68 bits per heavy atom. The number of nitrogens with zero attached hydrogens (tertiary/aromatic N) is 2. The molecule has 1 saturated carbocycles. The molecule has 0 aromatic carbocycles. The van der Waals surface area contributed by atoms with Crippen molar-refractivity contribution in [2.24, 2.45) is 11.7 Å². The topological polar surface area (TPSA) is 94.0 Å². The Bertz CT molecular complexity index is 482. The fraction of sp³-hybridized carbons (Fsp3) is 0.812. The highest BCUT2D eigenvalue weighted by Gasteiger charge is 2.25. The van der Waals surface area contributed by atoms with Gasteiger partial charge in [0.2, 0.25) is 11.8 Å². The molecule has 1 amide bonds. The van der Waals surface area contributed by atoms with E-state index in [9.17, 15) is 4.79 Å². The first-order chi connectivity index (χ1) is 10.5. The molecule has 1 aromatic heterocycles. The van der Waals surface area contributed by atoms with Gasteiger partial charge in [-0.2, -0.15) is 4.98 Å². The molecule has 1 heterocycles. The predicted octanol–water partition coefficient (Wildman–Crippen LogP) is 2.67. The van der Waals surface area contributed by atoms with E-state index >= 15 is 0 Å². The Balaban J connectivity index is 1.93. The third-order valence-electron chi connectivity index (χ3n) is 4.72. The summed E-state index contributed by atoms with van der Waals surface area (Å²) in [5, 5.41) is 6.96. The summed E-state index contributed by atoms with van der Waals surface area (Å²) in [6, 6.07) is -0.819. The van der Waals surface area contributed by atoms with Gasteiger partial charge in [-0.15, -0.1) is 0 Å². The van der Waals surface area contributed by atoms with Gasteiger partial charge in [0.05, 0.1) is 6.04 Å². The number of hydrogen-bond acceptors (Lipinski definition) is 5. The normalized spacial score (nSPS) is 20.4. The van der Waals surface area contributed by atoms with Gasteiger partial charge in [-0.25, -0.2) is 0 Å². The maximum absolute atomic E-state index is 12.1. The maximum atomic E-state index is 12.1. The lowest BCUT2D eigenvalue weighted by molar-refractivity contribution is -0.124. The van der Waals surface area contributed by atoms with Crippen LogP contribution in [0.2, 0.25) is 0 Å². The van der Waals surface area contributed by atoms with Gasteiger partial charge in [0, 0.05) is 5.92 Å². The van der Waals surface area contributed by atoms with Crippen molar-refractivity contribution >= 4 is 5.91 Å². The molecular weight excluding hydrogens is 280 g/mol. The minimum Gasteiger partial charge on any atom is -0.343 e. The van der Waals surface area contributed by atoms with Crippen molar-refractivity contribution < 1.29 is 9.32 Å². The average Bonchev–Trinajstić information content (AvgIpc) is 3.04. The van der Waals surface area contributed by atoms with Crippen LogP contribution in [0.1, 0.15) is 83.0 Å². The Morgan fingerprint density at radius 1 is 1.36 bits per heavy atom. The fourth-order valence-electron chi connectivity index (χ4n) is 2.83. The smallest absolute Gasteiger partial charge is 0.248 e. The molecule has 6 nitrogen and oxygen atoms in total. The highest BCUT2D eigenvalue weighted by molar-refractivity contribution is 5.82. The van der Waals surface area contributed by atoms with E-state index in [0.717, 1.165) is 25.1 Å². The van der Waals surface area contributed by atoms with Crippen LogP contribution in [0.25, 0.3) is 0 Å². The van der Waals surface area contributed by atoms with Crippen LogP contribution in [-0.4, -0.2) is 22.1 Å². The largest absolute Gasteiger partial charge is 0.343 e. The maximum Gasteiger partial charge on any atom is 0.248 e. The van der Waals surface area contributed by atoms with Crippen LogP contribution >= 0.6 is 0 Å². The summed E-state index contributed by atoms with van der Waals surface area (Å²) in [6.07, 6.45) is 6.86. The van der Waals surface area contributed by atoms with E-state index in [-0.39, 0.29) is 17.9 Å². The number of aromatic nitrogens is 2. The molecule has 0 aliphatic heterocycles. The number of amides is 1. The van der Waals surface area contributed by atoms with Crippen LogP contribution < -0.4 is 11.1 Å². The van der Waals surface area contributed by atoms with Crippen LogP contribution in [0.3, 0.4) is 0 Å². The molecule has 0 radical (unpaired) electrons. The second-order valence-electron chi connectivity index (χ2n) is 6.47. The van der Waals surface area contributed by atoms with Crippen molar-refractivity contribution in [2.75, 3.05) is 0 Å². The van der Waals surface area contributed by atoms with Crippen molar-refractivity contribution in [1.29, 1.82) is 0 Å². The Hall–Kier alpha value is -1.43. The molecule has 1 aliphatic carbocycles. The van der Waals surface area contributed by atoms with Crippen LogP contribution in [0, 0.1) is 5.92 Å². The lowest BCUT2D eigenvalue weighted by Gasteiger charge is -2.19. The van der Waals surface area contributed by atoms with E-state index in [4.69, 9.17) is 10.3 Å². The summed E-state index contributed by atoms with van der Waals surface area (Å²) in [5.41, 5.74) is 5.94. The van der Waals surface area contributed by atoms with Gasteiger partial charge in [0.15, 0.2) is 5.82 Å². The second kappa shape index (κ2) is 7.72. The summed E-state index contributed by atoms with van der Waals surface area (Å²) < 4.78 is 5.33. The molecule has 3 unspecified atom stereocenters. The molecule has 124 valence electrons. The lowest BCUT2D eigenvalue weighted by Crippen LogP contribution is -2.45. The van der Waals surface area contributed by atoms with E-state index < -0.39 is 6.04 Å². The third kappa shape index (κ3) is 4.06. The van der Waals surface area contributed by atoms with Crippen molar-refractivity contribution in [1.82, 2.24) is 15.5 Å². The van der Waals surface area contributed by atoms with Crippen molar-refractivity contribution in [2.45, 2.75) is 77.3 Å². The summed E-state index contributed by atoms with van der Waals surface area (Å²) in [6.45, 7) is 5.85. The Labute approximate surface area is 132 Å². The SMILES string of the molecule is CCC(C)C(N)C(=O)NC(C)c1nc(C2CCCCC2)no1. The van der Waals surface area contributed by atoms with E-state index in [1.54, 1.807) is 0 Å². The van der Waals surface area contributed by atoms with Crippen molar-refractivity contribution in [3.8, 4) is 0 Å². The van der Waals surface area contributed by atoms with Crippen molar-refractivity contribution in [3.05, 3.63) is 11.7 Å². The van der Waals surface area contributed by atoms with E-state index in [1.807, 2.05) is 20.8 Å². The molecule has 1 aromatic rings. The molecule has 22 heavy (non-hydrogen) atoms. The van der Waals surface area contributed by atoms with Gasteiger partial charge in [0.25, 0.3) is 0 Å². The van der Waals surface area contributed by atoms with Gasteiger partial charge in [-0.3, -0.25) is 4.79 Å². The zero-order chi connectivity index (χ0) is 16.1. The third-order valence-corrected chi connectivity index (χ3v) is 4.72. The number of nitrogens with two attached hydrogens (primary N) is 1. The van der Waals surface area contributed by atoms with Gasteiger partial charge >= 0.3 is 0 Å². The van der Waals surface area contributed by atoms with Crippen LogP contribution in [0.4, 0.5) is 0 Å². The summed E-state index contributed by atoms with van der Waals surface area (Å²) in [5.74, 6) is 1.62. The zero-order valence-corrected chi connectivity index (χ0v) is 13.8. The highest BCUT2D eigenvalue weighted by Crippen LogP contribution is 2.31. The molecule has 6 heteroatoms.